The van der Waals surface area contributed by atoms with E-state index in [1.165, 1.54) is 7.11 Å². The Balaban J connectivity index is 3.98. The van der Waals surface area contributed by atoms with E-state index < -0.39 is 11.9 Å². The lowest BCUT2D eigenvalue weighted by molar-refractivity contribution is -0.149. The summed E-state index contributed by atoms with van der Waals surface area (Å²) in [6.45, 7) is 4.62. The molecule has 0 aromatic carbocycles. The van der Waals surface area contributed by atoms with Gasteiger partial charge in [0.2, 0.25) is 0 Å². The van der Waals surface area contributed by atoms with Crippen LogP contribution in [0.25, 0.3) is 0 Å². The highest BCUT2D eigenvalue weighted by atomic mass is 16.5. The van der Waals surface area contributed by atoms with Crippen LogP contribution in [0, 0.1) is 5.92 Å². The van der Waals surface area contributed by atoms with Crippen LogP contribution in [0.4, 0.5) is 0 Å². The molecule has 0 rings (SSSR count). The van der Waals surface area contributed by atoms with Gasteiger partial charge in [0.05, 0.1) is 13.7 Å². The summed E-state index contributed by atoms with van der Waals surface area (Å²) in [4.78, 5) is 22.6. The molecule has 0 aliphatic rings. The highest BCUT2D eigenvalue weighted by Gasteiger charge is 2.24. The van der Waals surface area contributed by atoms with Crippen molar-refractivity contribution in [2.45, 2.75) is 26.7 Å². The number of carbonyl (C=O) groups excluding carboxylic acids is 2. The number of rotatable bonds is 7. The summed E-state index contributed by atoms with van der Waals surface area (Å²) in [6, 6.07) is 0. The fourth-order valence-electron chi connectivity index (χ4n) is 1.16. The van der Waals surface area contributed by atoms with Crippen molar-refractivity contribution in [2.75, 3.05) is 20.3 Å². The van der Waals surface area contributed by atoms with Gasteiger partial charge >= 0.3 is 5.97 Å². The Morgan fingerprint density at radius 1 is 1.29 bits per heavy atom. The predicted octanol–water partition coefficient (Wildman–Crippen LogP) is 1.18. The number of carbonyl (C=O) groups is 2. The Hall–Kier alpha value is -0.900. The summed E-state index contributed by atoms with van der Waals surface area (Å²) < 4.78 is 9.57. The van der Waals surface area contributed by atoms with Crippen LogP contribution in [-0.2, 0) is 19.1 Å². The molecule has 0 aromatic rings. The molecule has 1 unspecified atom stereocenters. The fourth-order valence-corrected chi connectivity index (χ4v) is 1.16. The topological polar surface area (TPSA) is 52.6 Å². The SMILES string of the molecule is CCOCCC(=O)C(CC)C(=O)OC. The smallest absolute Gasteiger partial charge is 0.316 e. The molecule has 4 heteroatoms. The Morgan fingerprint density at radius 2 is 1.93 bits per heavy atom. The number of Topliss-reactive ketones (excluding diaryl/α,β-unsaturated/α-hetero) is 1. The average Bonchev–Trinajstić information content (AvgIpc) is 2.19. The first-order valence-corrected chi connectivity index (χ1v) is 4.85. The number of hydrogen-bond acceptors (Lipinski definition) is 4. The molecule has 0 saturated carbocycles. The van der Waals surface area contributed by atoms with Gasteiger partial charge in [0.15, 0.2) is 0 Å². The molecule has 0 fully saturated rings. The first kappa shape index (κ1) is 13.1. The number of hydrogen-bond donors (Lipinski definition) is 0. The maximum atomic E-state index is 11.5. The second-order valence-corrected chi connectivity index (χ2v) is 2.90. The van der Waals surface area contributed by atoms with Crippen LogP contribution in [0.3, 0.4) is 0 Å². The summed E-state index contributed by atoms with van der Waals surface area (Å²) >= 11 is 0. The number of ether oxygens (including phenoxy) is 2. The van der Waals surface area contributed by atoms with Gasteiger partial charge in [0.25, 0.3) is 0 Å². The van der Waals surface area contributed by atoms with E-state index in [2.05, 4.69) is 4.74 Å². The van der Waals surface area contributed by atoms with E-state index in [0.29, 0.717) is 19.6 Å². The highest BCUT2D eigenvalue weighted by molar-refractivity contribution is 5.98. The number of ketones is 1. The van der Waals surface area contributed by atoms with Gasteiger partial charge in [-0.25, -0.2) is 0 Å². The molecule has 4 nitrogen and oxygen atoms in total. The molecule has 1 atom stereocenters. The van der Waals surface area contributed by atoms with Gasteiger partial charge in [0.1, 0.15) is 11.7 Å². The lowest BCUT2D eigenvalue weighted by Crippen LogP contribution is -2.25. The molecule has 0 bridgehead atoms. The second kappa shape index (κ2) is 7.50. The normalized spacial score (nSPS) is 12.2. The largest absolute Gasteiger partial charge is 0.468 e. The molecule has 0 spiro atoms. The maximum absolute atomic E-state index is 11.5. The summed E-state index contributed by atoms with van der Waals surface area (Å²) in [7, 11) is 1.29. The summed E-state index contributed by atoms with van der Waals surface area (Å²) in [5.41, 5.74) is 0. The van der Waals surface area contributed by atoms with Crippen LogP contribution in [0.2, 0.25) is 0 Å². The number of methoxy groups -OCH3 is 1. The second-order valence-electron chi connectivity index (χ2n) is 2.90. The van der Waals surface area contributed by atoms with Crippen LogP contribution in [0.1, 0.15) is 26.7 Å². The van der Waals surface area contributed by atoms with Gasteiger partial charge in [-0.15, -0.1) is 0 Å². The Labute approximate surface area is 84.6 Å². The van der Waals surface area contributed by atoms with Crippen molar-refractivity contribution in [1.82, 2.24) is 0 Å². The van der Waals surface area contributed by atoms with Gasteiger partial charge in [-0.1, -0.05) is 6.92 Å². The zero-order chi connectivity index (χ0) is 11.0. The van der Waals surface area contributed by atoms with Crippen molar-refractivity contribution < 1.29 is 19.1 Å². The molecule has 0 aliphatic heterocycles. The monoisotopic (exact) mass is 202 g/mol. The fraction of sp³-hybridized carbons (Fsp3) is 0.800. The Bertz CT molecular complexity index is 189. The quantitative estimate of drug-likeness (QED) is 0.353. The average molecular weight is 202 g/mol. The molecule has 0 heterocycles. The van der Waals surface area contributed by atoms with E-state index in [1.54, 1.807) is 6.92 Å². The van der Waals surface area contributed by atoms with Gasteiger partial charge in [-0.05, 0) is 13.3 Å². The van der Waals surface area contributed by atoms with Crippen molar-refractivity contribution in [3.8, 4) is 0 Å². The van der Waals surface area contributed by atoms with Gasteiger partial charge in [-0.2, -0.15) is 0 Å². The van der Waals surface area contributed by atoms with E-state index in [0.717, 1.165) is 0 Å². The van der Waals surface area contributed by atoms with E-state index in [-0.39, 0.29) is 12.2 Å². The van der Waals surface area contributed by atoms with Crippen molar-refractivity contribution in [1.29, 1.82) is 0 Å². The summed E-state index contributed by atoms with van der Waals surface area (Å²) in [5.74, 6) is -1.18. The molecule has 0 amide bonds. The van der Waals surface area contributed by atoms with E-state index in [1.807, 2.05) is 6.92 Å². The summed E-state index contributed by atoms with van der Waals surface area (Å²) in [5, 5.41) is 0. The molecule has 82 valence electrons. The Kier molecular flexibility index (Phi) is 7.02. The molecule has 0 saturated heterocycles. The minimum absolute atomic E-state index is 0.104. The molecule has 0 radical (unpaired) electrons. The molecular weight excluding hydrogens is 184 g/mol. The van der Waals surface area contributed by atoms with Crippen molar-refractivity contribution in [3.05, 3.63) is 0 Å². The van der Waals surface area contributed by atoms with Crippen LogP contribution < -0.4 is 0 Å². The van der Waals surface area contributed by atoms with Gasteiger partial charge < -0.3 is 9.47 Å². The minimum atomic E-state index is -0.625. The van der Waals surface area contributed by atoms with E-state index >= 15 is 0 Å². The maximum Gasteiger partial charge on any atom is 0.316 e. The third kappa shape index (κ3) is 4.37. The zero-order valence-corrected chi connectivity index (χ0v) is 9.04. The minimum Gasteiger partial charge on any atom is -0.468 e. The lowest BCUT2D eigenvalue weighted by Gasteiger charge is -2.10. The summed E-state index contributed by atoms with van der Waals surface area (Å²) in [6.07, 6.45) is 0.763. The molecule has 0 N–H and O–H groups in total. The van der Waals surface area contributed by atoms with Crippen molar-refractivity contribution in [2.24, 2.45) is 5.92 Å². The molecule has 0 aliphatic carbocycles. The first-order valence-electron chi connectivity index (χ1n) is 4.85. The molecule has 0 aromatic heterocycles. The molecule has 14 heavy (non-hydrogen) atoms. The third-order valence-corrected chi connectivity index (χ3v) is 1.98. The standard InChI is InChI=1S/C10H18O4/c1-4-8(10(12)13-3)9(11)6-7-14-5-2/h8H,4-7H2,1-3H3. The van der Waals surface area contributed by atoms with Crippen LogP contribution in [0.15, 0.2) is 0 Å². The van der Waals surface area contributed by atoms with Crippen LogP contribution in [0.5, 0.6) is 0 Å². The van der Waals surface area contributed by atoms with Crippen molar-refractivity contribution >= 4 is 11.8 Å². The van der Waals surface area contributed by atoms with Crippen molar-refractivity contribution in [3.63, 3.8) is 0 Å². The third-order valence-electron chi connectivity index (χ3n) is 1.98. The van der Waals surface area contributed by atoms with E-state index in [4.69, 9.17) is 4.74 Å². The number of esters is 1. The van der Waals surface area contributed by atoms with Crippen LogP contribution >= 0.6 is 0 Å². The lowest BCUT2D eigenvalue weighted by atomic mass is 9.99. The predicted molar refractivity (Wildman–Crippen MR) is 51.9 cm³/mol. The first-order chi connectivity index (χ1) is 6.67. The zero-order valence-electron chi connectivity index (χ0n) is 9.04. The van der Waals surface area contributed by atoms with Gasteiger partial charge in [0, 0.05) is 13.0 Å². The van der Waals surface area contributed by atoms with Crippen LogP contribution in [-0.4, -0.2) is 32.1 Å². The highest BCUT2D eigenvalue weighted by Crippen LogP contribution is 2.08. The Morgan fingerprint density at radius 3 is 2.36 bits per heavy atom. The molecular formula is C10H18O4. The van der Waals surface area contributed by atoms with Gasteiger partial charge in [-0.3, -0.25) is 9.59 Å². The van der Waals surface area contributed by atoms with E-state index in [9.17, 15) is 9.59 Å².